The van der Waals surface area contributed by atoms with Crippen molar-refractivity contribution in [1.82, 2.24) is 0 Å². The highest BCUT2D eigenvalue weighted by molar-refractivity contribution is 6.31. The number of nitrogens with one attached hydrogen (secondary N) is 2. The third kappa shape index (κ3) is 5.77. The first-order valence-electron chi connectivity index (χ1n) is 9.61. The van der Waals surface area contributed by atoms with Crippen molar-refractivity contribution in [2.45, 2.75) is 20.5 Å². The molecule has 3 aromatic rings. The normalized spacial score (nSPS) is 10.3. The molecule has 0 saturated carbocycles. The number of carbonyl (C=O) groups excluding carboxylic acids is 2. The molecule has 7 heteroatoms. The molecule has 0 saturated heterocycles. The lowest BCUT2D eigenvalue weighted by Crippen LogP contribution is -2.13. The molecule has 0 spiro atoms. The predicted molar refractivity (Wildman–Crippen MR) is 122 cm³/mol. The number of hydrogen-bond acceptors (Lipinski definition) is 4. The molecule has 31 heavy (non-hydrogen) atoms. The number of ether oxygens (including phenoxy) is 2. The van der Waals surface area contributed by atoms with Crippen LogP contribution in [0.2, 0.25) is 5.02 Å². The van der Waals surface area contributed by atoms with Crippen LogP contribution in [0, 0.1) is 6.92 Å². The van der Waals surface area contributed by atoms with E-state index in [-0.39, 0.29) is 18.4 Å². The second-order valence-corrected chi connectivity index (χ2v) is 7.32. The summed E-state index contributed by atoms with van der Waals surface area (Å²) in [5, 5.41) is 6.20. The summed E-state index contributed by atoms with van der Waals surface area (Å²) in [6.07, 6.45) is 0. The van der Waals surface area contributed by atoms with Crippen LogP contribution in [-0.2, 0) is 11.4 Å². The fourth-order valence-electron chi connectivity index (χ4n) is 2.93. The monoisotopic (exact) mass is 438 g/mol. The minimum Gasteiger partial charge on any atom is -0.493 e. The van der Waals surface area contributed by atoms with Crippen LogP contribution in [0.1, 0.15) is 28.4 Å². The average Bonchev–Trinajstić information content (AvgIpc) is 2.75. The van der Waals surface area contributed by atoms with Crippen LogP contribution in [0.5, 0.6) is 11.5 Å². The quantitative estimate of drug-likeness (QED) is 0.514. The number of benzene rings is 3. The van der Waals surface area contributed by atoms with Crippen molar-refractivity contribution in [3.63, 3.8) is 0 Å². The average molecular weight is 439 g/mol. The summed E-state index contributed by atoms with van der Waals surface area (Å²) in [6.45, 7) is 3.59. The van der Waals surface area contributed by atoms with Gasteiger partial charge in [0.25, 0.3) is 5.91 Å². The third-order valence-electron chi connectivity index (χ3n) is 4.57. The van der Waals surface area contributed by atoms with Gasteiger partial charge < -0.3 is 20.1 Å². The Morgan fingerprint density at radius 2 is 1.74 bits per heavy atom. The minimum atomic E-state index is -0.311. The van der Waals surface area contributed by atoms with Crippen LogP contribution in [0.4, 0.5) is 11.4 Å². The summed E-state index contributed by atoms with van der Waals surface area (Å²) in [4.78, 5) is 24.1. The molecular weight excluding hydrogens is 416 g/mol. The Morgan fingerprint density at radius 1 is 0.968 bits per heavy atom. The van der Waals surface area contributed by atoms with Crippen LogP contribution in [0.15, 0.2) is 60.7 Å². The maximum Gasteiger partial charge on any atom is 0.255 e. The molecule has 0 radical (unpaired) electrons. The molecule has 0 aromatic heterocycles. The number of carbonyl (C=O) groups is 2. The molecule has 0 bridgehead atoms. The van der Waals surface area contributed by atoms with Gasteiger partial charge in [-0.15, -0.1) is 0 Å². The number of amides is 2. The summed E-state index contributed by atoms with van der Waals surface area (Å²) < 4.78 is 11.2. The van der Waals surface area contributed by atoms with Crippen molar-refractivity contribution < 1.29 is 19.1 Å². The molecule has 2 N–H and O–H groups in total. The molecule has 0 aliphatic rings. The molecule has 0 heterocycles. The molecule has 2 amide bonds. The van der Waals surface area contributed by atoms with E-state index in [1.165, 1.54) is 14.0 Å². The van der Waals surface area contributed by atoms with Gasteiger partial charge >= 0.3 is 0 Å². The van der Waals surface area contributed by atoms with E-state index in [0.717, 1.165) is 11.1 Å². The number of anilines is 2. The number of aryl methyl sites for hydroxylation is 1. The van der Waals surface area contributed by atoms with Crippen molar-refractivity contribution in [2.75, 3.05) is 17.7 Å². The molecule has 160 valence electrons. The number of methoxy groups -OCH3 is 1. The Labute approximate surface area is 186 Å². The standard InChI is InChI=1S/C24H23ClN2O4/c1-15-8-10-19(13-21(15)26-16(2)28)27-24(29)17-9-11-22(23(12-17)30-3)31-14-18-6-4-5-7-20(18)25/h4-13H,14H2,1-3H3,(H,26,28)(H,27,29). The third-order valence-corrected chi connectivity index (χ3v) is 4.94. The first-order valence-corrected chi connectivity index (χ1v) is 9.99. The summed E-state index contributed by atoms with van der Waals surface area (Å²) in [6, 6.07) is 17.7. The first kappa shape index (κ1) is 22.2. The largest absolute Gasteiger partial charge is 0.493 e. The zero-order valence-corrected chi connectivity index (χ0v) is 18.2. The Bertz CT molecular complexity index is 1110. The number of hydrogen-bond donors (Lipinski definition) is 2. The van der Waals surface area contributed by atoms with Crippen LogP contribution < -0.4 is 20.1 Å². The number of rotatable bonds is 7. The van der Waals surface area contributed by atoms with Crippen molar-refractivity contribution in [2.24, 2.45) is 0 Å². The van der Waals surface area contributed by atoms with Crippen molar-refractivity contribution >= 4 is 34.8 Å². The maximum absolute atomic E-state index is 12.7. The summed E-state index contributed by atoms with van der Waals surface area (Å²) >= 11 is 6.17. The fraction of sp³-hybridized carbons (Fsp3) is 0.167. The smallest absolute Gasteiger partial charge is 0.255 e. The van der Waals surface area contributed by atoms with E-state index >= 15 is 0 Å². The van der Waals surface area contributed by atoms with Crippen molar-refractivity contribution in [3.05, 3.63) is 82.4 Å². The second kappa shape index (κ2) is 10.00. The Morgan fingerprint density at radius 3 is 2.45 bits per heavy atom. The topological polar surface area (TPSA) is 76.7 Å². The SMILES string of the molecule is COc1cc(C(=O)Nc2ccc(C)c(NC(C)=O)c2)ccc1OCc1ccccc1Cl. The van der Waals surface area contributed by atoms with Gasteiger partial charge in [-0.25, -0.2) is 0 Å². The summed E-state index contributed by atoms with van der Waals surface area (Å²) in [5.41, 5.74) is 3.37. The zero-order chi connectivity index (χ0) is 22.4. The zero-order valence-electron chi connectivity index (χ0n) is 17.5. The lowest BCUT2D eigenvalue weighted by molar-refractivity contribution is -0.114. The van der Waals surface area contributed by atoms with Crippen LogP contribution >= 0.6 is 11.6 Å². The van der Waals surface area contributed by atoms with Crippen molar-refractivity contribution in [1.29, 1.82) is 0 Å². The van der Waals surface area contributed by atoms with E-state index < -0.39 is 0 Å². The van der Waals surface area contributed by atoms with Gasteiger partial charge in [0.15, 0.2) is 11.5 Å². The van der Waals surface area contributed by atoms with E-state index in [1.807, 2.05) is 31.2 Å². The Balaban J connectivity index is 1.73. The number of halogens is 1. The van der Waals surface area contributed by atoms with E-state index in [1.54, 1.807) is 36.4 Å². The molecule has 3 aromatic carbocycles. The highest BCUT2D eigenvalue weighted by Gasteiger charge is 2.13. The van der Waals surface area contributed by atoms with Crippen molar-refractivity contribution in [3.8, 4) is 11.5 Å². The molecule has 6 nitrogen and oxygen atoms in total. The molecule has 0 atom stereocenters. The highest BCUT2D eigenvalue weighted by Crippen LogP contribution is 2.30. The lowest BCUT2D eigenvalue weighted by Gasteiger charge is -2.14. The van der Waals surface area contributed by atoms with Gasteiger partial charge in [0.05, 0.1) is 7.11 Å². The van der Waals surface area contributed by atoms with Crippen LogP contribution in [-0.4, -0.2) is 18.9 Å². The predicted octanol–water partition coefficient (Wildman–Crippen LogP) is 5.45. The molecule has 0 unspecified atom stereocenters. The van der Waals surface area contributed by atoms with Gasteiger partial charge in [0.1, 0.15) is 6.61 Å². The van der Waals surface area contributed by atoms with Crippen LogP contribution in [0.3, 0.4) is 0 Å². The molecule has 0 aliphatic heterocycles. The second-order valence-electron chi connectivity index (χ2n) is 6.91. The van der Waals surface area contributed by atoms with Gasteiger partial charge in [-0.3, -0.25) is 9.59 Å². The Kier molecular flexibility index (Phi) is 7.15. The molecule has 0 fully saturated rings. The summed E-state index contributed by atoms with van der Waals surface area (Å²) in [7, 11) is 1.51. The molecular formula is C24H23ClN2O4. The van der Waals surface area contributed by atoms with Gasteiger partial charge in [-0.2, -0.15) is 0 Å². The minimum absolute atomic E-state index is 0.177. The fourth-order valence-corrected chi connectivity index (χ4v) is 3.12. The lowest BCUT2D eigenvalue weighted by atomic mass is 10.1. The van der Waals surface area contributed by atoms with E-state index in [4.69, 9.17) is 21.1 Å². The van der Waals surface area contributed by atoms with Crippen LogP contribution in [0.25, 0.3) is 0 Å². The Hall–Kier alpha value is -3.51. The van der Waals surface area contributed by atoms with E-state index in [2.05, 4.69) is 10.6 Å². The molecule has 3 rings (SSSR count). The van der Waals surface area contributed by atoms with Gasteiger partial charge in [-0.1, -0.05) is 35.9 Å². The van der Waals surface area contributed by atoms with E-state index in [9.17, 15) is 9.59 Å². The van der Waals surface area contributed by atoms with Gasteiger partial charge in [0, 0.05) is 34.4 Å². The summed E-state index contributed by atoms with van der Waals surface area (Å²) in [5.74, 6) is 0.446. The van der Waals surface area contributed by atoms with Gasteiger partial charge in [0.2, 0.25) is 5.91 Å². The van der Waals surface area contributed by atoms with E-state index in [0.29, 0.717) is 33.5 Å². The first-order chi connectivity index (χ1) is 14.9. The molecule has 0 aliphatic carbocycles. The maximum atomic E-state index is 12.7. The highest BCUT2D eigenvalue weighted by atomic mass is 35.5. The van der Waals surface area contributed by atoms with Gasteiger partial charge in [-0.05, 0) is 48.9 Å².